The highest BCUT2D eigenvalue weighted by Gasteiger charge is 2.64. The fraction of sp³-hybridized carbons (Fsp3) is 0.816. The van der Waals surface area contributed by atoms with E-state index in [1.54, 1.807) is 24.3 Å². The second-order valence-corrected chi connectivity index (χ2v) is 18.8. The fourth-order valence-electron chi connectivity index (χ4n) is 11.3. The number of carbonyl (C=O) groups excluding carboxylic acids is 1. The first-order chi connectivity index (χ1) is 21.1. The van der Waals surface area contributed by atoms with Crippen LogP contribution in [0.4, 0.5) is 0 Å². The van der Waals surface area contributed by atoms with Gasteiger partial charge in [-0.15, -0.1) is 0 Å². The minimum Gasteiger partial charge on any atom is -0.395 e. The summed E-state index contributed by atoms with van der Waals surface area (Å²) in [7, 11) is -3.71. The van der Waals surface area contributed by atoms with Gasteiger partial charge in [0.15, 0.2) is 9.84 Å². The summed E-state index contributed by atoms with van der Waals surface area (Å²) >= 11 is 0. The average molecular weight is 645 g/mol. The topological polar surface area (TPSA) is 112 Å². The number of ketones is 1. The number of hydrogen-bond donors (Lipinski definition) is 3. The smallest absolute Gasteiger partial charge is 0.185 e. The van der Waals surface area contributed by atoms with E-state index in [0.717, 1.165) is 50.5 Å². The third kappa shape index (κ3) is 6.34. The number of benzene rings is 1. The lowest BCUT2D eigenvalue weighted by Gasteiger charge is -2.64. The first-order valence-electron chi connectivity index (χ1n) is 17.9. The SMILES string of the molecule is CC[C@H]1[C@@H](O)[C@@H]2[C@H](CC[C@]3(C)[C@@H]([C@H](C)CCCC(=O)CS(=O)(=O)c4ccc(C(C)(C)CO)cc4)CC[C@@H]23)[C@@]2(C)CC[C@@H](O)C[C@@H]12. The van der Waals surface area contributed by atoms with Gasteiger partial charge in [0.1, 0.15) is 11.5 Å². The molecule has 0 heterocycles. The molecule has 7 heteroatoms. The summed E-state index contributed by atoms with van der Waals surface area (Å²) in [6.07, 6.45) is 9.81. The Balaban J connectivity index is 1.19. The van der Waals surface area contributed by atoms with Gasteiger partial charge in [0.2, 0.25) is 0 Å². The van der Waals surface area contributed by atoms with Gasteiger partial charge in [0.05, 0.1) is 23.7 Å². The highest BCUT2D eigenvalue weighted by Crippen LogP contribution is 2.69. The Morgan fingerprint density at radius 2 is 1.62 bits per heavy atom. The maximum atomic E-state index is 13.0. The van der Waals surface area contributed by atoms with Crippen molar-refractivity contribution < 1.29 is 28.5 Å². The van der Waals surface area contributed by atoms with Gasteiger partial charge in [-0.2, -0.15) is 0 Å². The van der Waals surface area contributed by atoms with Crippen molar-refractivity contribution in [2.45, 2.75) is 135 Å². The normalized spacial score (nSPS) is 39.0. The molecule has 11 atom stereocenters. The zero-order chi connectivity index (χ0) is 32.9. The Hall–Kier alpha value is -1.28. The zero-order valence-electron chi connectivity index (χ0n) is 28.7. The van der Waals surface area contributed by atoms with E-state index < -0.39 is 21.0 Å². The van der Waals surface area contributed by atoms with Gasteiger partial charge in [-0.05, 0) is 121 Å². The van der Waals surface area contributed by atoms with Crippen LogP contribution in [0, 0.1) is 52.3 Å². The molecule has 4 aliphatic rings. The van der Waals surface area contributed by atoms with E-state index in [0.29, 0.717) is 41.9 Å². The molecule has 0 saturated heterocycles. The van der Waals surface area contributed by atoms with E-state index in [9.17, 15) is 28.5 Å². The van der Waals surface area contributed by atoms with Crippen molar-refractivity contribution in [3.05, 3.63) is 29.8 Å². The molecule has 0 spiro atoms. The molecule has 5 rings (SSSR count). The molecule has 1 aromatic rings. The first-order valence-corrected chi connectivity index (χ1v) is 19.6. The summed E-state index contributed by atoms with van der Waals surface area (Å²) < 4.78 is 26.0. The van der Waals surface area contributed by atoms with Crippen LogP contribution in [0.3, 0.4) is 0 Å². The maximum Gasteiger partial charge on any atom is 0.185 e. The van der Waals surface area contributed by atoms with Crippen molar-refractivity contribution in [1.82, 2.24) is 0 Å². The lowest BCUT2D eigenvalue weighted by Crippen LogP contribution is -2.62. The Kier molecular flexibility index (Phi) is 10.1. The molecule has 0 aromatic heterocycles. The summed E-state index contributed by atoms with van der Waals surface area (Å²) in [5.74, 6) is 2.33. The molecule has 1 aromatic carbocycles. The molecule has 4 saturated carbocycles. The van der Waals surface area contributed by atoms with E-state index in [4.69, 9.17) is 0 Å². The van der Waals surface area contributed by atoms with Crippen LogP contribution in [0.15, 0.2) is 29.2 Å². The van der Waals surface area contributed by atoms with Crippen molar-refractivity contribution in [1.29, 1.82) is 0 Å². The zero-order valence-corrected chi connectivity index (χ0v) is 29.5. The highest BCUT2D eigenvalue weighted by molar-refractivity contribution is 7.92. The van der Waals surface area contributed by atoms with Gasteiger partial charge in [-0.1, -0.05) is 66.5 Å². The van der Waals surface area contributed by atoms with Gasteiger partial charge in [0.25, 0.3) is 0 Å². The van der Waals surface area contributed by atoms with Gasteiger partial charge < -0.3 is 15.3 Å². The number of aliphatic hydroxyl groups excluding tert-OH is 3. The number of hydrogen-bond acceptors (Lipinski definition) is 6. The largest absolute Gasteiger partial charge is 0.395 e. The van der Waals surface area contributed by atoms with Crippen molar-refractivity contribution in [2.75, 3.05) is 12.4 Å². The van der Waals surface area contributed by atoms with Crippen molar-refractivity contribution in [3.63, 3.8) is 0 Å². The fourth-order valence-corrected chi connectivity index (χ4v) is 12.6. The van der Waals surface area contributed by atoms with E-state index in [-0.39, 0.29) is 52.7 Å². The van der Waals surface area contributed by atoms with Crippen LogP contribution in [0.25, 0.3) is 0 Å². The Bertz CT molecular complexity index is 1310. The van der Waals surface area contributed by atoms with E-state index in [1.165, 1.54) is 12.8 Å². The Morgan fingerprint density at radius 3 is 2.27 bits per heavy atom. The maximum absolute atomic E-state index is 13.0. The molecule has 0 amide bonds. The van der Waals surface area contributed by atoms with Gasteiger partial charge in [-0.25, -0.2) is 8.42 Å². The molecule has 0 radical (unpaired) electrons. The van der Waals surface area contributed by atoms with Crippen molar-refractivity contribution >= 4 is 15.6 Å². The average Bonchev–Trinajstić information content (AvgIpc) is 3.35. The number of carbonyl (C=O) groups is 1. The minimum absolute atomic E-state index is 0.0370. The van der Waals surface area contributed by atoms with Crippen LogP contribution in [0.1, 0.15) is 118 Å². The monoisotopic (exact) mass is 644 g/mol. The standard InChI is InChI=1S/C38H60O6S/c1-7-29-33-21-26(40)17-19-38(33,6)32-18-20-37(5)30(15-16-31(37)34(32)35(29)42)24(2)9-8-10-27(41)22-45(43,44)28-13-11-25(12-14-28)36(3,4)23-39/h11-14,24,26,29-35,39-40,42H,7-10,15-23H2,1-6H3/t24-,26-,29-,30-,31+,32+,33+,34+,35-,37-,38-/m1/s1. The summed E-state index contributed by atoms with van der Waals surface area (Å²) in [6, 6.07) is 6.55. The molecule has 3 N–H and O–H groups in total. The molecule has 4 aliphatic carbocycles. The molecule has 4 fully saturated rings. The van der Waals surface area contributed by atoms with Crippen LogP contribution in [-0.2, 0) is 20.0 Å². The number of rotatable bonds is 11. The Labute approximate surface area is 272 Å². The van der Waals surface area contributed by atoms with E-state index in [2.05, 4.69) is 27.7 Å². The Morgan fingerprint density at radius 1 is 0.978 bits per heavy atom. The summed E-state index contributed by atoms with van der Waals surface area (Å²) in [5, 5.41) is 32.1. The predicted octanol–water partition coefficient (Wildman–Crippen LogP) is 6.73. The third-order valence-corrected chi connectivity index (χ3v) is 15.7. The van der Waals surface area contributed by atoms with Gasteiger partial charge in [0, 0.05) is 11.8 Å². The van der Waals surface area contributed by atoms with Crippen LogP contribution < -0.4 is 0 Å². The van der Waals surface area contributed by atoms with Crippen LogP contribution in [0.2, 0.25) is 0 Å². The second kappa shape index (κ2) is 13.0. The summed E-state index contributed by atoms with van der Waals surface area (Å²) in [5.41, 5.74) is 0.783. The molecule has 254 valence electrons. The first kappa shape index (κ1) is 35.0. The van der Waals surface area contributed by atoms with Crippen LogP contribution in [0.5, 0.6) is 0 Å². The van der Waals surface area contributed by atoms with Crippen molar-refractivity contribution in [2.24, 2.45) is 52.3 Å². The lowest BCUT2D eigenvalue weighted by molar-refractivity contribution is -0.203. The summed E-state index contributed by atoms with van der Waals surface area (Å²) in [4.78, 5) is 13.0. The van der Waals surface area contributed by atoms with Gasteiger partial charge in [-0.3, -0.25) is 4.79 Å². The molecular weight excluding hydrogens is 584 g/mol. The van der Waals surface area contributed by atoms with Crippen LogP contribution >= 0.6 is 0 Å². The lowest BCUT2D eigenvalue weighted by atomic mass is 9.41. The minimum atomic E-state index is -3.71. The number of Topliss-reactive ketones (excluding diaryl/α,β-unsaturated/α-hetero) is 1. The number of sulfone groups is 1. The number of aliphatic hydroxyl groups is 3. The molecule has 0 aliphatic heterocycles. The van der Waals surface area contributed by atoms with Gasteiger partial charge >= 0.3 is 0 Å². The van der Waals surface area contributed by atoms with Crippen molar-refractivity contribution in [3.8, 4) is 0 Å². The van der Waals surface area contributed by atoms with Crippen LogP contribution in [-0.4, -0.2) is 54.1 Å². The highest BCUT2D eigenvalue weighted by atomic mass is 32.2. The molecule has 0 unspecified atom stereocenters. The third-order valence-electron chi connectivity index (χ3n) is 14.0. The van der Waals surface area contributed by atoms with E-state index >= 15 is 0 Å². The quantitative estimate of drug-likeness (QED) is 0.246. The second-order valence-electron chi connectivity index (χ2n) is 16.9. The molecule has 0 bridgehead atoms. The molecular formula is C38H60O6S. The number of fused-ring (bicyclic) bond motifs is 5. The predicted molar refractivity (Wildman–Crippen MR) is 178 cm³/mol. The molecule has 45 heavy (non-hydrogen) atoms. The summed E-state index contributed by atoms with van der Waals surface area (Å²) in [6.45, 7) is 13.3. The van der Waals surface area contributed by atoms with E-state index in [1.807, 2.05) is 13.8 Å². The molecule has 6 nitrogen and oxygen atoms in total.